The minimum atomic E-state index is -0.283. The Kier molecular flexibility index (Phi) is 6.31. The minimum Gasteiger partial charge on any atom is -0.497 e. The molecule has 3 aromatic carbocycles. The topological polar surface area (TPSA) is 71.0 Å². The van der Waals surface area contributed by atoms with Crippen LogP contribution in [0.1, 0.15) is 24.5 Å². The molecule has 6 nitrogen and oxygen atoms in total. The van der Waals surface area contributed by atoms with Crippen LogP contribution in [0, 0.1) is 0 Å². The molecule has 3 aromatic rings. The summed E-state index contributed by atoms with van der Waals surface area (Å²) in [6.07, 6.45) is 1.07. The monoisotopic (exact) mass is 427 g/mol. The van der Waals surface area contributed by atoms with E-state index >= 15 is 0 Å². The molecular formula is C26H25N3O3. The molecule has 0 bridgehead atoms. The van der Waals surface area contributed by atoms with Crippen molar-refractivity contribution in [3.63, 3.8) is 0 Å². The van der Waals surface area contributed by atoms with Crippen molar-refractivity contribution in [3.05, 3.63) is 83.9 Å². The van der Waals surface area contributed by atoms with E-state index in [2.05, 4.69) is 24.4 Å². The van der Waals surface area contributed by atoms with Crippen LogP contribution >= 0.6 is 0 Å². The van der Waals surface area contributed by atoms with Gasteiger partial charge in [0.05, 0.1) is 30.6 Å². The van der Waals surface area contributed by atoms with Gasteiger partial charge in [0.25, 0.3) is 0 Å². The maximum absolute atomic E-state index is 13.2. The molecule has 0 unspecified atom stereocenters. The van der Waals surface area contributed by atoms with Gasteiger partial charge in [0.15, 0.2) is 0 Å². The zero-order valence-corrected chi connectivity index (χ0v) is 18.2. The highest BCUT2D eigenvalue weighted by molar-refractivity contribution is 6.19. The molecule has 32 heavy (non-hydrogen) atoms. The molecule has 1 heterocycles. The third kappa shape index (κ3) is 4.70. The quantitative estimate of drug-likeness (QED) is 0.617. The van der Waals surface area contributed by atoms with Crippen LogP contribution < -0.4 is 15.0 Å². The van der Waals surface area contributed by atoms with E-state index in [1.165, 1.54) is 10.5 Å². The standard InChI is InChI=1S/C26H25N3O3/c1-3-18-8-10-19(11-9-18)23-16-26(31)29(24-7-5-4-6-22(24)28-23)17-25(30)27-20-12-14-21(32-2)15-13-20/h4-15H,3,16-17H2,1-2H3,(H,27,30). The predicted octanol–water partition coefficient (Wildman–Crippen LogP) is 4.75. The fraction of sp³-hybridized carbons (Fsp3) is 0.192. The van der Waals surface area contributed by atoms with Gasteiger partial charge in [-0.2, -0.15) is 0 Å². The number of anilines is 2. The fourth-order valence-corrected chi connectivity index (χ4v) is 3.64. The zero-order chi connectivity index (χ0) is 22.5. The summed E-state index contributed by atoms with van der Waals surface area (Å²) >= 11 is 0. The summed E-state index contributed by atoms with van der Waals surface area (Å²) < 4.78 is 5.14. The van der Waals surface area contributed by atoms with E-state index in [0.29, 0.717) is 28.5 Å². The smallest absolute Gasteiger partial charge is 0.244 e. The van der Waals surface area contributed by atoms with Crippen molar-refractivity contribution in [2.75, 3.05) is 23.9 Å². The number of amides is 2. The summed E-state index contributed by atoms with van der Waals surface area (Å²) in [5, 5.41) is 2.84. The first-order chi connectivity index (χ1) is 15.6. The van der Waals surface area contributed by atoms with Crippen molar-refractivity contribution < 1.29 is 14.3 Å². The minimum absolute atomic E-state index is 0.0978. The Balaban J connectivity index is 1.56. The maximum Gasteiger partial charge on any atom is 0.244 e. The van der Waals surface area contributed by atoms with E-state index in [0.717, 1.165) is 12.0 Å². The Morgan fingerprint density at radius 1 is 1.03 bits per heavy atom. The molecule has 0 atom stereocenters. The lowest BCUT2D eigenvalue weighted by atomic mass is 10.0. The molecule has 0 radical (unpaired) electrons. The average Bonchev–Trinajstić information content (AvgIpc) is 2.96. The summed E-state index contributed by atoms with van der Waals surface area (Å²) in [6.45, 7) is 2.01. The number of fused-ring (bicyclic) bond motifs is 1. The highest BCUT2D eigenvalue weighted by atomic mass is 16.5. The molecule has 0 saturated carbocycles. The average molecular weight is 428 g/mol. The summed E-state index contributed by atoms with van der Waals surface area (Å²) in [5.74, 6) is 0.253. The van der Waals surface area contributed by atoms with Crippen molar-refractivity contribution in [2.45, 2.75) is 19.8 Å². The summed E-state index contributed by atoms with van der Waals surface area (Å²) in [5.41, 5.74) is 4.77. The molecule has 162 valence electrons. The van der Waals surface area contributed by atoms with Gasteiger partial charge in [0.2, 0.25) is 11.8 Å². The van der Waals surface area contributed by atoms with Gasteiger partial charge < -0.3 is 15.0 Å². The first kappa shape index (κ1) is 21.3. The Bertz CT molecular complexity index is 1150. The van der Waals surface area contributed by atoms with E-state index in [-0.39, 0.29) is 24.8 Å². The van der Waals surface area contributed by atoms with Crippen molar-refractivity contribution in [3.8, 4) is 5.75 Å². The van der Waals surface area contributed by atoms with Crippen LogP contribution in [0.2, 0.25) is 0 Å². The first-order valence-corrected chi connectivity index (χ1v) is 10.6. The molecule has 0 fully saturated rings. The van der Waals surface area contributed by atoms with Crippen LogP contribution in [0.25, 0.3) is 0 Å². The lowest BCUT2D eigenvalue weighted by Gasteiger charge is -2.22. The van der Waals surface area contributed by atoms with Gasteiger partial charge in [0.1, 0.15) is 12.3 Å². The van der Waals surface area contributed by atoms with Crippen molar-refractivity contribution in [2.24, 2.45) is 4.99 Å². The predicted molar refractivity (Wildman–Crippen MR) is 127 cm³/mol. The summed E-state index contributed by atoms with van der Waals surface area (Å²) in [4.78, 5) is 32.2. The Labute approximate surface area is 187 Å². The van der Waals surface area contributed by atoms with E-state index in [4.69, 9.17) is 9.73 Å². The second-order valence-corrected chi connectivity index (χ2v) is 7.53. The number of hydrogen-bond acceptors (Lipinski definition) is 4. The lowest BCUT2D eigenvalue weighted by molar-refractivity contribution is -0.120. The number of hydrogen-bond donors (Lipinski definition) is 1. The van der Waals surface area contributed by atoms with Crippen LogP contribution in [-0.4, -0.2) is 31.2 Å². The van der Waals surface area contributed by atoms with Crippen molar-refractivity contribution in [1.29, 1.82) is 0 Å². The van der Waals surface area contributed by atoms with Gasteiger partial charge in [-0.05, 0) is 53.9 Å². The van der Waals surface area contributed by atoms with Gasteiger partial charge in [-0.15, -0.1) is 0 Å². The second kappa shape index (κ2) is 9.47. The molecule has 0 aromatic heterocycles. The van der Waals surface area contributed by atoms with E-state index < -0.39 is 0 Å². The Hall–Kier alpha value is -3.93. The molecule has 1 N–H and O–H groups in total. The molecule has 6 heteroatoms. The molecule has 0 aliphatic carbocycles. The lowest BCUT2D eigenvalue weighted by Crippen LogP contribution is -2.38. The number of rotatable bonds is 6. The molecule has 0 saturated heterocycles. The molecule has 2 amide bonds. The van der Waals surface area contributed by atoms with Gasteiger partial charge in [-0.1, -0.05) is 43.3 Å². The largest absolute Gasteiger partial charge is 0.497 e. The molecule has 1 aliphatic rings. The Morgan fingerprint density at radius 3 is 2.44 bits per heavy atom. The number of ether oxygens (including phenoxy) is 1. The zero-order valence-electron chi connectivity index (χ0n) is 18.2. The van der Waals surface area contributed by atoms with E-state index in [1.807, 2.05) is 36.4 Å². The molecule has 0 spiro atoms. The van der Waals surface area contributed by atoms with Gasteiger partial charge in [0, 0.05) is 5.69 Å². The van der Waals surface area contributed by atoms with Crippen LogP contribution in [-0.2, 0) is 16.0 Å². The number of carbonyl (C=O) groups excluding carboxylic acids is 2. The number of methoxy groups -OCH3 is 1. The normalized spacial score (nSPS) is 13.1. The fourth-order valence-electron chi connectivity index (χ4n) is 3.64. The highest BCUT2D eigenvalue weighted by Gasteiger charge is 2.26. The number of benzene rings is 3. The number of nitrogens with zero attached hydrogens (tertiary/aromatic N) is 2. The van der Waals surface area contributed by atoms with Gasteiger partial charge in [-0.3, -0.25) is 14.6 Å². The third-order valence-corrected chi connectivity index (χ3v) is 5.42. The number of nitrogens with one attached hydrogen (secondary N) is 1. The van der Waals surface area contributed by atoms with Crippen molar-refractivity contribution >= 4 is 34.6 Å². The number of aryl methyl sites for hydroxylation is 1. The Morgan fingerprint density at radius 2 is 1.75 bits per heavy atom. The first-order valence-electron chi connectivity index (χ1n) is 10.6. The van der Waals surface area contributed by atoms with Gasteiger partial charge >= 0.3 is 0 Å². The molecule has 4 rings (SSSR count). The molecule has 1 aliphatic heterocycles. The van der Waals surface area contributed by atoms with Crippen molar-refractivity contribution in [1.82, 2.24) is 0 Å². The van der Waals surface area contributed by atoms with Crippen LogP contribution in [0.5, 0.6) is 5.75 Å². The van der Waals surface area contributed by atoms with Crippen LogP contribution in [0.15, 0.2) is 77.8 Å². The van der Waals surface area contributed by atoms with E-state index in [1.54, 1.807) is 31.4 Å². The number of carbonyl (C=O) groups is 2. The third-order valence-electron chi connectivity index (χ3n) is 5.42. The van der Waals surface area contributed by atoms with Gasteiger partial charge in [-0.25, -0.2) is 0 Å². The number of aliphatic imine (C=N–C) groups is 1. The maximum atomic E-state index is 13.2. The SMILES string of the molecule is CCc1ccc(C2=Nc3ccccc3N(CC(=O)Nc3ccc(OC)cc3)C(=O)C2)cc1. The van der Waals surface area contributed by atoms with Crippen LogP contribution in [0.3, 0.4) is 0 Å². The summed E-state index contributed by atoms with van der Waals surface area (Å²) in [6, 6.07) is 22.6. The summed E-state index contributed by atoms with van der Waals surface area (Å²) in [7, 11) is 1.59. The highest BCUT2D eigenvalue weighted by Crippen LogP contribution is 2.33. The van der Waals surface area contributed by atoms with Crippen LogP contribution in [0.4, 0.5) is 17.1 Å². The van der Waals surface area contributed by atoms with E-state index in [9.17, 15) is 9.59 Å². The molecular weight excluding hydrogens is 402 g/mol. The second-order valence-electron chi connectivity index (χ2n) is 7.53. The number of para-hydroxylation sites is 2.